The van der Waals surface area contributed by atoms with Crippen molar-refractivity contribution in [1.29, 1.82) is 0 Å². The van der Waals surface area contributed by atoms with Crippen molar-refractivity contribution in [2.45, 2.75) is 19.4 Å². The molecule has 0 saturated heterocycles. The van der Waals surface area contributed by atoms with Gasteiger partial charge < -0.3 is 16.2 Å². The van der Waals surface area contributed by atoms with Crippen LogP contribution < -0.4 is 16.2 Å². The van der Waals surface area contributed by atoms with E-state index in [0.29, 0.717) is 5.69 Å². The third kappa shape index (κ3) is 2.12. The molecule has 1 aromatic rings. The highest BCUT2D eigenvalue weighted by Crippen LogP contribution is 2.27. The van der Waals surface area contributed by atoms with E-state index in [1.165, 1.54) is 0 Å². The minimum Gasteiger partial charge on any atom is -0.496 e. The van der Waals surface area contributed by atoms with E-state index in [9.17, 15) is 0 Å². The third-order valence-corrected chi connectivity index (χ3v) is 2.10. The van der Waals surface area contributed by atoms with Gasteiger partial charge in [0.15, 0.2) is 0 Å². The quantitative estimate of drug-likeness (QED) is 0.696. The summed E-state index contributed by atoms with van der Waals surface area (Å²) in [5, 5.41) is 0. The first kappa shape index (κ1) is 9.86. The molecule has 0 aromatic heterocycles. The second-order valence-electron chi connectivity index (χ2n) is 3.02. The van der Waals surface area contributed by atoms with E-state index >= 15 is 0 Å². The topological polar surface area (TPSA) is 61.3 Å². The van der Waals surface area contributed by atoms with Crippen LogP contribution >= 0.6 is 0 Å². The van der Waals surface area contributed by atoms with E-state index in [1.807, 2.05) is 19.1 Å². The molecule has 1 rings (SSSR count). The molecule has 1 atom stereocenters. The maximum Gasteiger partial charge on any atom is 0.125 e. The highest BCUT2D eigenvalue weighted by molar-refractivity contribution is 5.49. The first-order valence-electron chi connectivity index (χ1n) is 4.38. The first-order valence-corrected chi connectivity index (χ1v) is 4.38. The maximum absolute atomic E-state index is 5.90. The lowest BCUT2D eigenvalue weighted by Gasteiger charge is -2.14. The molecule has 0 aliphatic rings. The number of methoxy groups -OCH3 is 1. The maximum atomic E-state index is 5.90. The Hall–Kier alpha value is -1.22. The van der Waals surface area contributed by atoms with Crippen LogP contribution in [0.2, 0.25) is 0 Å². The van der Waals surface area contributed by atoms with Crippen LogP contribution in [-0.4, -0.2) is 7.11 Å². The van der Waals surface area contributed by atoms with E-state index < -0.39 is 0 Å². The number of rotatable bonds is 3. The van der Waals surface area contributed by atoms with Crippen molar-refractivity contribution in [3.05, 3.63) is 23.8 Å². The van der Waals surface area contributed by atoms with Gasteiger partial charge in [-0.25, -0.2) is 0 Å². The number of anilines is 1. The molecular weight excluding hydrogens is 164 g/mol. The molecule has 72 valence electrons. The normalized spacial score (nSPS) is 12.5. The van der Waals surface area contributed by atoms with E-state index in [-0.39, 0.29) is 6.04 Å². The summed E-state index contributed by atoms with van der Waals surface area (Å²) in [5.41, 5.74) is 13.2. The molecule has 0 unspecified atom stereocenters. The van der Waals surface area contributed by atoms with E-state index in [0.717, 1.165) is 17.7 Å². The average molecular weight is 180 g/mol. The Balaban J connectivity index is 3.05. The van der Waals surface area contributed by atoms with Crippen LogP contribution in [0, 0.1) is 0 Å². The highest BCUT2D eigenvalue weighted by atomic mass is 16.5. The smallest absolute Gasteiger partial charge is 0.125 e. The predicted molar refractivity (Wildman–Crippen MR) is 54.6 cm³/mol. The fraction of sp³-hybridized carbons (Fsp3) is 0.400. The fourth-order valence-corrected chi connectivity index (χ4v) is 1.25. The fourth-order valence-electron chi connectivity index (χ4n) is 1.25. The Morgan fingerprint density at radius 1 is 1.46 bits per heavy atom. The van der Waals surface area contributed by atoms with Crippen molar-refractivity contribution in [3.8, 4) is 5.75 Å². The molecule has 13 heavy (non-hydrogen) atoms. The van der Waals surface area contributed by atoms with Crippen LogP contribution in [0.3, 0.4) is 0 Å². The van der Waals surface area contributed by atoms with Crippen LogP contribution in [0.15, 0.2) is 18.2 Å². The van der Waals surface area contributed by atoms with Gasteiger partial charge in [-0.15, -0.1) is 0 Å². The summed E-state index contributed by atoms with van der Waals surface area (Å²) >= 11 is 0. The largest absolute Gasteiger partial charge is 0.496 e. The number of hydrogen-bond donors (Lipinski definition) is 2. The minimum absolute atomic E-state index is 0.0237. The summed E-state index contributed by atoms with van der Waals surface area (Å²) in [7, 11) is 1.63. The Labute approximate surface area is 78.7 Å². The summed E-state index contributed by atoms with van der Waals surface area (Å²) in [6.45, 7) is 2.04. The third-order valence-electron chi connectivity index (χ3n) is 2.10. The predicted octanol–water partition coefficient (Wildman–Crippen LogP) is 1.69. The van der Waals surface area contributed by atoms with Crippen molar-refractivity contribution in [3.63, 3.8) is 0 Å². The second-order valence-corrected chi connectivity index (χ2v) is 3.02. The summed E-state index contributed by atoms with van der Waals surface area (Å²) in [5.74, 6) is 0.773. The lowest BCUT2D eigenvalue weighted by molar-refractivity contribution is 0.405. The monoisotopic (exact) mass is 180 g/mol. The molecule has 0 fully saturated rings. The van der Waals surface area contributed by atoms with Crippen LogP contribution in [0.5, 0.6) is 5.75 Å². The zero-order valence-electron chi connectivity index (χ0n) is 8.08. The molecule has 0 amide bonds. The summed E-state index contributed by atoms with van der Waals surface area (Å²) in [6.07, 6.45) is 0.889. The van der Waals surface area contributed by atoms with Gasteiger partial charge in [-0.2, -0.15) is 0 Å². The molecule has 4 N–H and O–H groups in total. The lowest BCUT2D eigenvalue weighted by atomic mass is 10.0. The van der Waals surface area contributed by atoms with Gasteiger partial charge in [0.1, 0.15) is 5.75 Å². The zero-order chi connectivity index (χ0) is 9.84. The van der Waals surface area contributed by atoms with Crippen molar-refractivity contribution in [1.82, 2.24) is 0 Å². The molecule has 3 nitrogen and oxygen atoms in total. The molecule has 0 saturated carbocycles. The molecule has 0 bridgehead atoms. The van der Waals surface area contributed by atoms with Crippen LogP contribution in [0.25, 0.3) is 0 Å². The van der Waals surface area contributed by atoms with Gasteiger partial charge >= 0.3 is 0 Å². The zero-order valence-corrected chi connectivity index (χ0v) is 8.08. The number of nitrogens with two attached hydrogens (primary N) is 2. The van der Waals surface area contributed by atoms with Crippen molar-refractivity contribution >= 4 is 5.69 Å². The molecule has 3 heteroatoms. The Kier molecular flexibility index (Phi) is 3.14. The summed E-state index contributed by atoms with van der Waals surface area (Å²) in [4.78, 5) is 0. The van der Waals surface area contributed by atoms with Crippen LogP contribution in [0.4, 0.5) is 5.69 Å². The molecule has 1 aromatic carbocycles. The van der Waals surface area contributed by atoms with Gasteiger partial charge in [0.25, 0.3) is 0 Å². The Morgan fingerprint density at radius 3 is 2.69 bits per heavy atom. The van der Waals surface area contributed by atoms with Gasteiger partial charge in [-0.3, -0.25) is 0 Å². The SMILES string of the molecule is CC[C@H](N)c1ccc(N)cc1OC. The summed E-state index contributed by atoms with van der Waals surface area (Å²) in [6, 6.07) is 5.58. The molecule has 0 spiro atoms. The lowest BCUT2D eigenvalue weighted by Crippen LogP contribution is -2.10. The molecule has 0 radical (unpaired) electrons. The first-order chi connectivity index (χ1) is 6.19. The van der Waals surface area contributed by atoms with Crippen molar-refractivity contribution in [2.75, 3.05) is 12.8 Å². The molecule has 0 heterocycles. The highest BCUT2D eigenvalue weighted by Gasteiger charge is 2.09. The summed E-state index contributed by atoms with van der Waals surface area (Å²) < 4.78 is 5.19. The number of ether oxygens (including phenoxy) is 1. The van der Waals surface area contributed by atoms with E-state index in [2.05, 4.69) is 0 Å². The van der Waals surface area contributed by atoms with E-state index in [4.69, 9.17) is 16.2 Å². The van der Waals surface area contributed by atoms with Crippen LogP contribution in [-0.2, 0) is 0 Å². The number of nitrogen functional groups attached to an aromatic ring is 1. The van der Waals surface area contributed by atoms with Gasteiger partial charge in [-0.05, 0) is 12.5 Å². The average Bonchev–Trinajstić information content (AvgIpc) is 2.16. The van der Waals surface area contributed by atoms with Crippen LogP contribution in [0.1, 0.15) is 24.9 Å². The molecule has 0 aliphatic carbocycles. The van der Waals surface area contributed by atoms with Crippen molar-refractivity contribution < 1.29 is 4.74 Å². The molecular formula is C10H16N2O. The number of benzene rings is 1. The van der Waals surface area contributed by atoms with Gasteiger partial charge in [-0.1, -0.05) is 13.0 Å². The minimum atomic E-state index is 0.0237. The Bertz CT molecular complexity index is 286. The molecule has 0 aliphatic heterocycles. The number of hydrogen-bond acceptors (Lipinski definition) is 3. The Morgan fingerprint density at radius 2 is 2.15 bits per heavy atom. The van der Waals surface area contributed by atoms with Gasteiger partial charge in [0.05, 0.1) is 7.11 Å². The van der Waals surface area contributed by atoms with E-state index in [1.54, 1.807) is 13.2 Å². The standard InChI is InChI=1S/C10H16N2O/c1-3-9(12)8-5-4-7(11)6-10(8)13-2/h4-6,9H,3,11-12H2,1-2H3/t9-/m0/s1. The van der Waals surface area contributed by atoms with Gasteiger partial charge in [0.2, 0.25) is 0 Å². The van der Waals surface area contributed by atoms with Gasteiger partial charge in [0, 0.05) is 23.4 Å². The second kappa shape index (κ2) is 4.14. The van der Waals surface area contributed by atoms with Crippen molar-refractivity contribution in [2.24, 2.45) is 5.73 Å².